The summed E-state index contributed by atoms with van der Waals surface area (Å²) in [5.41, 5.74) is 3.95. The van der Waals surface area contributed by atoms with Crippen LogP contribution in [0.4, 0.5) is 0 Å². The van der Waals surface area contributed by atoms with Crippen LogP contribution in [0.3, 0.4) is 0 Å². The standard InChI is InChI=1S/C20H13N3O/c24-20-22(14-8-2-1-3-9-14)17-12-6-4-10-15(17)19-21-16-11-5-7-13-18(16)23(19)20/h1-13H. The van der Waals surface area contributed by atoms with Crippen molar-refractivity contribution in [1.29, 1.82) is 0 Å². The minimum Gasteiger partial charge on any atom is -0.262 e. The van der Waals surface area contributed by atoms with Gasteiger partial charge in [0.05, 0.1) is 22.2 Å². The molecule has 3 aromatic carbocycles. The summed E-state index contributed by atoms with van der Waals surface area (Å²) in [5.74, 6) is 0. The fourth-order valence-corrected chi connectivity index (χ4v) is 3.29. The summed E-state index contributed by atoms with van der Waals surface area (Å²) in [4.78, 5) is 18.0. The van der Waals surface area contributed by atoms with E-state index in [2.05, 4.69) is 4.98 Å². The summed E-state index contributed by atoms with van der Waals surface area (Å²) < 4.78 is 3.45. The van der Waals surface area contributed by atoms with E-state index in [1.165, 1.54) is 0 Å². The van der Waals surface area contributed by atoms with Gasteiger partial charge >= 0.3 is 5.69 Å². The average molecular weight is 311 g/mol. The summed E-state index contributed by atoms with van der Waals surface area (Å²) in [6, 6.07) is 25.3. The second-order valence-electron chi connectivity index (χ2n) is 5.73. The predicted octanol–water partition coefficient (Wildman–Crippen LogP) is 3.79. The average Bonchev–Trinajstić information content (AvgIpc) is 3.03. The number of para-hydroxylation sites is 4. The first kappa shape index (κ1) is 13.1. The summed E-state index contributed by atoms with van der Waals surface area (Å²) in [6.45, 7) is 0. The lowest BCUT2D eigenvalue weighted by molar-refractivity contribution is 0.932. The number of benzene rings is 3. The molecule has 4 nitrogen and oxygen atoms in total. The van der Waals surface area contributed by atoms with Gasteiger partial charge in [-0.15, -0.1) is 0 Å². The van der Waals surface area contributed by atoms with Crippen molar-refractivity contribution < 1.29 is 0 Å². The van der Waals surface area contributed by atoms with Crippen LogP contribution < -0.4 is 5.69 Å². The first-order valence-electron chi connectivity index (χ1n) is 7.81. The van der Waals surface area contributed by atoms with E-state index in [-0.39, 0.29) is 5.69 Å². The van der Waals surface area contributed by atoms with E-state index >= 15 is 0 Å². The molecule has 0 saturated heterocycles. The van der Waals surface area contributed by atoms with E-state index in [4.69, 9.17) is 0 Å². The van der Waals surface area contributed by atoms with Crippen molar-refractivity contribution in [2.75, 3.05) is 0 Å². The molecule has 0 atom stereocenters. The maximum atomic E-state index is 13.3. The van der Waals surface area contributed by atoms with Crippen molar-refractivity contribution >= 4 is 27.6 Å². The number of nitrogens with zero attached hydrogens (tertiary/aromatic N) is 3. The molecular formula is C20H13N3O. The highest BCUT2D eigenvalue weighted by molar-refractivity contribution is 5.96. The highest BCUT2D eigenvalue weighted by Gasteiger charge is 2.15. The van der Waals surface area contributed by atoms with Gasteiger partial charge in [0.1, 0.15) is 0 Å². The Labute approximate surface area is 137 Å². The van der Waals surface area contributed by atoms with E-state index < -0.39 is 0 Å². The first-order chi connectivity index (χ1) is 11.8. The number of hydrogen-bond donors (Lipinski definition) is 0. The van der Waals surface area contributed by atoms with Gasteiger partial charge in [0.2, 0.25) is 0 Å². The lowest BCUT2D eigenvalue weighted by Gasteiger charge is -2.11. The Hall–Kier alpha value is -3.40. The largest absolute Gasteiger partial charge is 0.339 e. The van der Waals surface area contributed by atoms with Crippen LogP contribution in [0, 0.1) is 0 Å². The maximum Gasteiger partial charge on any atom is 0.339 e. The molecular weight excluding hydrogens is 298 g/mol. The van der Waals surface area contributed by atoms with Crippen LogP contribution in [0.5, 0.6) is 0 Å². The minimum absolute atomic E-state index is 0.108. The molecule has 114 valence electrons. The van der Waals surface area contributed by atoms with Crippen LogP contribution in [0.25, 0.3) is 33.3 Å². The number of rotatable bonds is 1. The number of aromatic nitrogens is 3. The Bertz CT molecular complexity index is 1270. The van der Waals surface area contributed by atoms with Gasteiger partial charge in [-0.1, -0.05) is 42.5 Å². The van der Waals surface area contributed by atoms with Crippen molar-refractivity contribution in [3.8, 4) is 5.69 Å². The topological polar surface area (TPSA) is 39.3 Å². The fourth-order valence-electron chi connectivity index (χ4n) is 3.29. The second kappa shape index (κ2) is 4.80. The van der Waals surface area contributed by atoms with Crippen LogP contribution in [-0.2, 0) is 0 Å². The monoisotopic (exact) mass is 311 g/mol. The molecule has 24 heavy (non-hydrogen) atoms. The van der Waals surface area contributed by atoms with Crippen molar-refractivity contribution in [2.24, 2.45) is 0 Å². The quantitative estimate of drug-likeness (QED) is 0.472. The predicted molar refractivity (Wildman–Crippen MR) is 95.8 cm³/mol. The van der Waals surface area contributed by atoms with Crippen molar-refractivity contribution in [3.63, 3.8) is 0 Å². The van der Waals surface area contributed by atoms with E-state index in [9.17, 15) is 4.79 Å². The second-order valence-corrected chi connectivity index (χ2v) is 5.73. The van der Waals surface area contributed by atoms with Crippen LogP contribution in [0.2, 0.25) is 0 Å². The molecule has 4 heteroatoms. The molecule has 2 aromatic heterocycles. The molecule has 2 heterocycles. The number of fused-ring (bicyclic) bond motifs is 5. The lowest BCUT2D eigenvalue weighted by atomic mass is 10.2. The molecule has 0 radical (unpaired) electrons. The molecule has 0 bridgehead atoms. The maximum absolute atomic E-state index is 13.3. The van der Waals surface area contributed by atoms with E-state index in [0.29, 0.717) is 5.65 Å². The summed E-state index contributed by atoms with van der Waals surface area (Å²) >= 11 is 0. The van der Waals surface area contributed by atoms with Gasteiger partial charge in [-0.2, -0.15) is 0 Å². The molecule has 0 saturated carbocycles. The third-order valence-corrected chi connectivity index (χ3v) is 4.34. The molecule has 5 aromatic rings. The zero-order valence-electron chi connectivity index (χ0n) is 12.8. The van der Waals surface area contributed by atoms with Gasteiger partial charge in [0.15, 0.2) is 5.65 Å². The SMILES string of the molecule is O=c1n(-c2ccccc2)c2ccccc2c2nc3ccccc3n12. The molecule has 5 rings (SSSR count). The molecule has 0 aliphatic heterocycles. The van der Waals surface area contributed by atoms with Crippen LogP contribution >= 0.6 is 0 Å². The molecule has 0 fully saturated rings. The Kier molecular flexibility index (Phi) is 2.61. The van der Waals surface area contributed by atoms with Gasteiger partial charge in [0, 0.05) is 5.39 Å². The van der Waals surface area contributed by atoms with Crippen LogP contribution in [0.1, 0.15) is 0 Å². The lowest BCUT2D eigenvalue weighted by Crippen LogP contribution is -2.25. The Morgan fingerprint density at radius 2 is 1.38 bits per heavy atom. The van der Waals surface area contributed by atoms with Gasteiger partial charge in [-0.05, 0) is 36.4 Å². The smallest absolute Gasteiger partial charge is 0.262 e. The first-order valence-corrected chi connectivity index (χ1v) is 7.81. The molecule has 0 unspecified atom stereocenters. The molecule has 0 amide bonds. The molecule has 0 N–H and O–H groups in total. The molecule has 0 aliphatic carbocycles. The fraction of sp³-hybridized carbons (Fsp3) is 0. The Morgan fingerprint density at radius 3 is 2.21 bits per heavy atom. The Morgan fingerprint density at radius 1 is 0.708 bits per heavy atom. The van der Waals surface area contributed by atoms with Gasteiger partial charge in [-0.3, -0.25) is 4.57 Å². The van der Waals surface area contributed by atoms with E-state index in [1.54, 1.807) is 8.97 Å². The van der Waals surface area contributed by atoms with Crippen molar-refractivity contribution in [3.05, 3.63) is 89.3 Å². The van der Waals surface area contributed by atoms with E-state index in [0.717, 1.165) is 27.6 Å². The summed E-state index contributed by atoms with van der Waals surface area (Å²) in [6.07, 6.45) is 0. The third kappa shape index (κ3) is 1.68. The third-order valence-electron chi connectivity index (χ3n) is 4.34. The highest BCUT2D eigenvalue weighted by Crippen LogP contribution is 2.23. The number of imidazole rings is 1. The zero-order chi connectivity index (χ0) is 16.1. The summed E-state index contributed by atoms with van der Waals surface area (Å²) in [7, 11) is 0. The molecule has 0 aliphatic rings. The van der Waals surface area contributed by atoms with E-state index in [1.807, 2.05) is 78.9 Å². The summed E-state index contributed by atoms with van der Waals surface area (Å²) in [5, 5.41) is 0.956. The Balaban J connectivity index is 2.11. The molecule has 0 spiro atoms. The van der Waals surface area contributed by atoms with Gasteiger partial charge in [0.25, 0.3) is 0 Å². The zero-order valence-corrected chi connectivity index (χ0v) is 12.8. The van der Waals surface area contributed by atoms with Crippen LogP contribution in [-0.4, -0.2) is 14.0 Å². The van der Waals surface area contributed by atoms with Crippen LogP contribution in [0.15, 0.2) is 83.7 Å². The van der Waals surface area contributed by atoms with Gasteiger partial charge in [-0.25, -0.2) is 14.2 Å². The minimum atomic E-state index is -0.108. The van der Waals surface area contributed by atoms with Crippen molar-refractivity contribution in [2.45, 2.75) is 0 Å². The highest BCUT2D eigenvalue weighted by atomic mass is 16.1. The number of hydrogen-bond acceptors (Lipinski definition) is 2. The normalized spacial score (nSPS) is 11.5. The van der Waals surface area contributed by atoms with Crippen molar-refractivity contribution in [1.82, 2.24) is 14.0 Å². The van der Waals surface area contributed by atoms with Gasteiger partial charge < -0.3 is 0 Å².